The van der Waals surface area contributed by atoms with Crippen LogP contribution < -0.4 is 5.32 Å². The van der Waals surface area contributed by atoms with E-state index in [0.717, 1.165) is 0 Å². The maximum absolute atomic E-state index is 8.02. The van der Waals surface area contributed by atoms with Crippen LogP contribution in [-0.4, -0.2) is 12.8 Å². The molecule has 0 saturated carbocycles. The standard InChI is InChI=1S/C5H10N2O/c1-3-8-5(2)7-4-6/h5,7H,3H2,1-2H3. The van der Waals surface area contributed by atoms with Crippen LogP contribution in [0.5, 0.6) is 0 Å². The molecule has 0 radical (unpaired) electrons. The number of nitrogens with zero attached hydrogens (tertiary/aromatic N) is 1. The molecular weight excluding hydrogens is 104 g/mol. The van der Waals surface area contributed by atoms with Crippen LogP contribution in [0.2, 0.25) is 0 Å². The first kappa shape index (κ1) is 7.25. The van der Waals surface area contributed by atoms with Gasteiger partial charge in [0.25, 0.3) is 0 Å². The van der Waals surface area contributed by atoms with Gasteiger partial charge in [0, 0.05) is 6.61 Å². The highest BCUT2D eigenvalue weighted by atomic mass is 16.5. The minimum atomic E-state index is -0.148. The Morgan fingerprint density at radius 3 is 2.88 bits per heavy atom. The van der Waals surface area contributed by atoms with Gasteiger partial charge in [-0.1, -0.05) is 0 Å². The first-order valence-corrected chi connectivity index (χ1v) is 2.57. The van der Waals surface area contributed by atoms with Crippen LogP contribution in [0.25, 0.3) is 0 Å². The van der Waals surface area contributed by atoms with Crippen molar-refractivity contribution in [1.82, 2.24) is 5.32 Å². The summed E-state index contributed by atoms with van der Waals surface area (Å²) in [5.41, 5.74) is 0. The Hall–Kier alpha value is -0.750. The fraction of sp³-hybridized carbons (Fsp3) is 0.800. The van der Waals surface area contributed by atoms with Gasteiger partial charge in [0.2, 0.25) is 0 Å². The van der Waals surface area contributed by atoms with Crippen LogP contribution in [0.4, 0.5) is 0 Å². The molecule has 0 aliphatic heterocycles. The molecule has 0 heterocycles. The molecule has 0 fully saturated rings. The minimum Gasteiger partial charge on any atom is -0.359 e. The molecule has 1 unspecified atom stereocenters. The molecule has 8 heavy (non-hydrogen) atoms. The summed E-state index contributed by atoms with van der Waals surface area (Å²) in [4.78, 5) is 0. The third kappa shape index (κ3) is 3.44. The largest absolute Gasteiger partial charge is 0.359 e. The van der Waals surface area contributed by atoms with Crippen molar-refractivity contribution in [3.63, 3.8) is 0 Å². The highest BCUT2D eigenvalue weighted by Crippen LogP contribution is 1.80. The fourth-order valence-corrected chi connectivity index (χ4v) is 0.383. The van der Waals surface area contributed by atoms with Crippen LogP contribution >= 0.6 is 0 Å². The van der Waals surface area contributed by atoms with Crippen LogP contribution in [-0.2, 0) is 4.74 Å². The average Bonchev–Trinajstić information content (AvgIpc) is 1.68. The van der Waals surface area contributed by atoms with Gasteiger partial charge in [0.05, 0.1) is 0 Å². The lowest BCUT2D eigenvalue weighted by Crippen LogP contribution is -2.23. The molecule has 0 bridgehead atoms. The number of ether oxygens (including phenoxy) is 1. The molecule has 1 N–H and O–H groups in total. The molecule has 0 aromatic carbocycles. The van der Waals surface area contributed by atoms with Crippen LogP contribution in [0.15, 0.2) is 0 Å². The molecule has 3 heteroatoms. The van der Waals surface area contributed by atoms with Crippen LogP contribution in [0.3, 0.4) is 0 Å². The zero-order valence-corrected chi connectivity index (χ0v) is 5.14. The molecule has 46 valence electrons. The van der Waals surface area contributed by atoms with E-state index < -0.39 is 0 Å². The Kier molecular flexibility index (Phi) is 4.00. The second kappa shape index (κ2) is 4.41. The average molecular weight is 114 g/mol. The van der Waals surface area contributed by atoms with Crippen molar-refractivity contribution in [2.45, 2.75) is 20.1 Å². The van der Waals surface area contributed by atoms with Gasteiger partial charge in [0.15, 0.2) is 6.19 Å². The van der Waals surface area contributed by atoms with E-state index in [4.69, 9.17) is 10.00 Å². The Bertz CT molecular complexity index is 86.9. The highest BCUT2D eigenvalue weighted by Gasteiger charge is 1.93. The van der Waals surface area contributed by atoms with Gasteiger partial charge in [-0.05, 0) is 13.8 Å². The number of hydrogen-bond acceptors (Lipinski definition) is 3. The smallest absolute Gasteiger partial charge is 0.178 e. The van der Waals surface area contributed by atoms with Crippen molar-refractivity contribution in [3.05, 3.63) is 0 Å². The Morgan fingerprint density at radius 2 is 2.50 bits per heavy atom. The second-order valence-corrected chi connectivity index (χ2v) is 1.35. The van der Waals surface area contributed by atoms with Gasteiger partial charge < -0.3 is 4.74 Å². The lowest BCUT2D eigenvalue weighted by Gasteiger charge is -2.06. The van der Waals surface area contributed by atoms with Crippen LogP contribution in [0.1, 0.15) is 13.8 Å². The van der Waals surface area contributed by atoms with Crippen molar-refractivity contribution in [3.8, 4) is 6.19 Å². The summed E-state index contributed by atoms with van der Waals surface area (Å²) in [5.74, 6) is 0. The van der Waals surface area contributed by atoms with Gasteiger partial charge in [0.1, 0.15) is 6.23 Å². The van der Waals surface area contributed by atoms with Gasteiger partial charge in [-0.25, -0.2) is 0 Å². The normalized spacial score (nSPS) is 12.1. The maximum atomic E-state index is 8.02. The van der Waals surface area contributed by atoms with Crippen LogP contribution in [0, 0.1) is 11.5 Å². The predicted molar refractivity (Wildman–Crippen MR) is 29.8 cm³/mol. The highest BCUT2D eigenvalue weighted by molar-refractivity contribution is 4.65. The molecule has 0 saturated heterocycles. The number of hydrogen-bond donors (Lipinski definition) is 1. The first-order valence-electron chi connectivity index (χ1n) is 2.57. The summed E-state index contributed by atoms with van der Waals surface area (Å²) in [6, 6.07) is 0. The zero-order chi connectivity index (χ0) is 6.41. The van der Waals surface area contributed by atoms with Gasteiger partial charge in [-0.2, -0.15) is 5.26 Å². The molecule has 0 aromatic heterocycles. The summed E-state index contributed by atoms with van der Waals surface area (Å²) >= 11 is 0. The summed E-state index contributed by atoms with van der Waals surface area (Å²) < 4.78 is 4.95. The molecule has 0 rings (SSSR count). The lowest BCUT2D eigenvalue weighted by molar-refractivity contribution is 0.0637. The summed E-state index contributed by atoms with van der Waals surface area (Å²) in [5, 5.41) is 10.5. The van der Waals surface area contributed by atoms with Gasteiger partial charge in [-0.15, -0.1) is 0 Å². The predicted octanol–water partition coefficient (Wildman–Crippen LogP) is 0.440. The number of rotatable bonds is 3. The molecule has 1 atom stereocenters. The third-order valence-corrected chi connectivity index (χ3v) is 0.684. The van der Waals surface area contributed by atoms with Gasteiger partial charge in [-0.3, -0.25) is 5.32 Å². The second-order valence-electron chi connectivity index (χ2n) is 1.35. The van der Waals surface area contributed by atoms with E-state index in [1.807, 2.05) is 6.92 Å². The molecule has 0 aromatic rings. The van der Waals surface area contributed by atoms with E-state index in [9.17, 15) is 0 Å². The van der Waals surface area contributed by atoms with E-state index in [0.29, 0.717) is 6.61 Å². The Morgan fingerprint density at radius 1 is 1.88 bits per heavy atom. The van der Waals surface area contributed by atoms with E-state index in [-0.39, 0.29) is 6.23 Å². The molecule has 0 spiro atoms. The fourth-order valence-electron chi connectivity index (χ4n) is 0.383. The molecular formula is C5H10N2O. The molecule has 0 aliphatic carbocycles. The summed E-state index contributed by atoms with van der Waals surface area (Å²) in [6.07, 6.45) is 1.63. The van der Waals surface area contributed by atoms with E-state index in [1.54, 1.807) is 13.1 Å². The first-order chi connectivity index (χ1) is 3.81. The van der Waals surface area contributed by atoms with E-state index >= 15 is 0 Å². The monoisotopic (exact) mass is 114 g/mol. The van der Waals surface area contributed by atoms with Crippen molar-refractivity contribution >= 4 is 0 Å². The molecule has 3 nitrogen and oxygen atoms in total. The lowest BCUT2D eigenvalue weighted by atomic mass is 10.6. The molecule has 0 amide bonds. The topological polar surface area (TPSA) is 45.0 Å². The van der Waals surface area contributed by atoms with E-state index in [1.165, 1.54) is 0 Å². The van der Waals surface area contributed by atoms with E-state index in [2.05, 4.69) is 5.32 Å². The van der Waals surface area contributed by atoms with Crippen molar-refractivity contribution in [2.24, 2.45) is 0 Å². The minimum absolute atomic E-state index is 0.148. The maximum Gasteiger partial charge on any atom is 0.178 e. The summed E-state index contributed by atoms with van der Waals surface area (Å²) in [6.45, 7) is 4.30. The number of nitriles is 1. The zero-order valence-electron chi connectivity index (χ0n) is 5.14. The Labute approximate surface area is 49.3 Å². The quantitative estimate of drug-likeness (QED) is 0.329. The summed E-state index contributed by atoms with van der Waals surface area (Å²) in [7, 11) is 0. The van der Waals surface area contributed by atoms with Crippen molar-refractivity contribution < 1.29 is 4.74 Å². The SMILES string of the molecule is CCOC(C)NC#N. The Balaban J connectivity index is 3.08. The molecule has 0 aliphatic rings. The number of nitrogens with one attached hydrogen (secondary N) is 1. The van der Waals surface area contributed by atoms with Gasteiger partial charge >= 0.3 is 0 Å². The van der Waals surface area contributed by atoms with Crippen molar-refractivity contribution in [1.29, 1.82) is 5.26 Å². The van der Waals surface area contributed by atoms with Crippen molar-refractivity contribution in [2.75, 3.05) is 6.61 Å². The third-order valence-electron chi connectivity index (χ3n) is 0.684.